The lowest BCUT2D eigenvalue weighted by atomic mass is 9.92. The Bertz CT molecular complexity index is 319. The van der Waals surface area contributed by atoms with Crippen LogP contribution in [0.2, 0.25) is 0 Å². The number of carbonyl (C=O) groups excluding carboxylic acids is 1. The highest BCUT2D eigenvalue weighted by Gasteiger charge is 2.32. The fourth-order valence-electron chi connectivity index (χ4n) is 3.26. The van der Waals surface area contributed by atoms with Crippen molar-refractivity contribution in [3.63, 3.8) is 0 Å². The maximum Gasteiger partial charge on any atom is 0.410 e. The third-order valence-corrected chi connectivity index (χ3v) is 4.22. The molecule has 116 valence electrons. The first-order chi connectivity index (χ1) is 9.46. The number of hydrogen-bond donors (Lipinski definition) is 1. The maximum absolute atomic E-state index is 12.3. The first-order valence-corrected chi connectivity index (χ1v) is 8.19. The van der Waals surface area contributed by atoms with Crippen LogP contribution >= 0.6 is 0 Å². The predicted molar refractivity (Wildman–Crippen MR) is 80.8 cm³/mol. The van der Waals surface area contributed by atoms with Crippen molar-refractivity contribution in [2.75, 3.05) is 13.1 Å². The average Bonchev–Trinajstić information content (AvgIpc) is 2.38. The highest BCUT2D eigenvalue weighted by atomic mass is 16.6. The Morgan fingerprint density at radius 1 is 1.20 bits per heavy atom. The molecule has 1 N–H and O–H groups in total. The number of nitrogens with one attached hydrogen (secondary N) is 1. The second-order valence-electron chi connectivity index (χ2n) is 7.21. The molecule has 0 bridgehead atoms. The van der Waals surface area contributed by atoms with E-state index in [4.69, 9.17) is 4.74 Å². The number of nitrogens with zero attached hydrogens (tertiary/aromatic N) is 1. The van der Waals surface area contributed by atoms with Gasteiger partial charge >= 0.3 is 6.09 Å². The Morgan fingerprint density at radius 3 is 2.60 bits per heavy atom. The average molecular weight is 282 g/mol. The van der Waals surface area contributed by atoms with Crippen molar-refractivity contribution in [1.29, 1.82) is 0 Å². The summed E-state index contributed by atoms with van der Waals surface area (Å²) in [6.07, 6.45) is 8.27. The van der Waals surface area contributed by atoms with Crippen LogP contribution < -0.4 is 5.32 Å². The van der Waals surface area contributed by atoms with Gasteiger partial charge in [0.15, 0.2) is 0 Å². The van der Waals surface area contributed by atoms with Crippen molar-refractivity contribution < 1.29 is 9.53 Å². The van der Waals surface area contributed by atoms with Crippen molar-refractivity contribution in [2.45, 2.75) is 83.4 Å². The van der Waals surface area contributed by atoms with Gasteiger partial charge in [0.25, 0.3) is 0 Å². The van der Waals surface area contributed by atoms with E-state index in [0.717, 1.165) is 32.4 Å². The maximum atomic E-state index is 12.3. The van der Waals surface area contributed by atoms with Gasteiger partial charge in [-0.15, -0.1) is 0 Å². The Kier molecular flexibility index (Phi) is 5.30. The van der Waals surface area contributed by atoms with Gasteiger partial charge in [-0.05, 0) is 65.8 Å². The number of ether oxygens (including phenoxy) is 1. The van der Waals surface area contributed by atoms with Gasteiger partial charge in [-0.1, -0.05) is 6.42 Å². The summed E-state index contributed by atoms with van der Waals surface area (Å²) in [7, 11) is 0. The molecule has 2 heterocycles. The molecule has 2 saturated heterocycles. The Hall–Kier alpha value is -0.770. The number of carbonyl (C=O) groups is 1. The molecule has 4 nitrogen and oxygen atoms in total. The van der Waals surface area contributed by atoms with Crippen LogP contribution in [0.3, 0.4) is 0 Å². The van der Waals surface area contributed by atoms with Crippen LogP contribution in [0.25, 0.3) is 0 Å². The molecular weight excluding hydrogens is 252 g/mol. The molecule has 0 spiro atoms. The molecule has 20 heavy (non-hydrogen) atoms. The summed E-state index contributed by atoms with van der Waals surface area (Å²) in [6.45, 7) is 7.79. The fraction of sp³-hybridized carbons (Fsp3) is 0.938. The molecule has 0 aromatic heterocycles. The van der Waals surface area contributed by atoms with Gasteiger partial charge in [0.2, 0.25) is 0 Å². The quantitative estimate of drug-likeness (QED) is 0.845. The highest BCUT2D eigenvalue weighted by molar-refractivity contribution is 5.68. The molecular formula is C16H30N2O2. The van der Waals surface area contributed by atoms with Crippen LogP contribution in [-0.2, 0) is 4.74 Å². The van der Waals surface area contributed by atoms with Crippen molar-refractivity contribution in [3.05, 3.63) is 0 Å². The molecule has 0 aromatic rings. The van der Waals surface area contributed by atoms with Gasteiger partial charge in [-0.2, -0.15) is 0 Å². The van der Waals surface area contributed by atoms with Gasteiger partial charge in [0.1, 0.15) is 5.60 Å². The lowest BCUT2D eigenvalue weighted by Gasteiger charge is -2.39. The molecule has 4 heteroatoms. The topological polar surface area (TPSA) is 41.6 Å². The van der Waals surface area contributed by atoms with E-state index >= 15 is 0 Å². The summed E-state index contributed by atoms with van der Waals surface area (Å²) in [5.74, 6) is 0. The van der Waals surface area contributed by atoms with Gasteiger partial charge in [-0.3, -0.25) is 0 Å². The number of hydrogen-bond acceptors (Lipinski definition) is 3. The third kappa shape index (κ3) is 4.65. The van der Waals surface area contributed by atoms with E-state index in [1.165, 1.54) is 25.7 Å². The monoisotopic (exact) mass is 282 g/mol. The van der Waals surface area contributed by atoms with Crippen LogP contribution in [0.15, 0.2) is 0 Å². The van der Waals surface area contributed by atoms with E-state index in [9.17, 15) is 4.79 Å². The summed E-state index contributed by atoms with van der Waals surface area (Å²) in [4.78, 5) is 14.3. The molecule has 1 amide bonds. The molecule has 0 aliphatic carbocycles. The zero-order chi connectivity index (χ0) is 14.6. The number of likely N-dealkylation sites (tertiary alicyclic amines) is 1. The summed E-state index contributed by atoms with van der Waals surface area (Å²) < 4.78 is 5.56. The number of rotatable bonds is 2. The van der Waals surface area contributed by atoms with Crippen molar-refractivity contribution in [2.24, 2.45) is 0 Å². The van der Waals surface area contributed by atoms with E-state index in [-0.39, 0.29) is 6.09 Å². The minimum Gasteiger partial charge on any atom is -0.444 e. The lowest BCUT2D eigenvalue weighted by molar-refractivity contribution is 0.00733. The smallest absolute Gasteiger partial charge is 0.410 e. The van der Waals surface area contributed by atoms with Gasteiger partial charge < -0.3 is 15.0 Å². The normalized spacial score (nSPS) is 28.2. The molecule has 0 radical (unpaired) electrons. The highest BCUT2D eigenvalue weighted by Crippen LogP contribution is 2.25. The largest absolute Gasteiger partial charge is 0.444 e. The SMILES string of the molecule is CC(C)(C)OC(=O)N1CCCC[C@H]1C[C@@H]1CCCCN1. The summed E-state index contributed by atoms with van der Waals surface area (Å²) >= 11 is 0. The molecule has 2 aliphatic heterocycles. The molecule has 2 atom stereocenters. The van der Waals surface area contributed by atoms with E-state index in [1.807, 2.05) is 25.7 Å². The van der Waals surface area contributed by atoms with Crippen molar-refractivity contribution in [3.8, 4) is 0 Å². The molecule has 0 unspecified atom stereocenters. The molecule has 0 saturated carbocycles. The van der Waals surface area contributed by atoms with E-state index in [2.05, 4.69) is 5.32 Å². The molecule has 2 aliphatic rings. The van der Waals surface area contributed by atoms with Gasteiger partial charge in [0.05, 0.1) is 0 Å². The van der Waals surface area contributed by atoms with Crippen LogP contribution in [0.5, 0.6) is 0 Å². The standard InChI is InChI=1S/C16H30N2O2/c1-16(2,3)20-15(19)18-11-7-5-9-14(18)12-13-8-4-6-10-17-13/h13-14,17H,4-12H2,1-3H3/t13-,14-/m0/s1. The van der Waals surface area contributed by atoms with E-state index < -0.39 is 5.60 Å². The minimum absolute atomic E-state index is 0.127. The second-order valence-corrected chi connectivity index (χ2v) is 7.21. The first-order valence-electron chi connectivity index (χ1n) is 8.19. The Morgan fingerprint density at radius 2 is 1.95 bits per heavy atom. The Labute approximate surface area is 123 Å². The zero-order valence-electron chi connectivity index (χ0n) is 13.3. The van der Waals surface area contributed by atoms with Crippen molar-refractivity contribution in [1.82, 2.24) is 10.2 Å². The lowest BCUT2D eigenvalue weighted by Crippen LogP contribution is -2.49. The zero-order valence-corrected chi connectivity index (χ0v) is 13.3. The summed E-state index contributed by atoms with van der Waals surface area (Å²) in [6, 6.07) is 0.936. The molecule has 0 aromatic carbocycles. The third-order valence-electron chi connectivity index (χ3n) is 4.22. The fourth-order valence-corrected chi connectivity index (χ4v) is 3.26. The van der Waals surface area contributed by atoms with Crippen LogP contribution in [-0.4, -0.2) is 41.8 Å². The predicted octanol–water partition coefficient (Wildman–Crippen LogP) is 3.31. The van der Waals surface area contributed by atoms with Gasteiger partial charge in [0, 0.05) is 18.6 Å². The van der Waals surface area contributed by atoms with Crippen LogP contribution in [0, 0.1) is 0 Å². The number of amides is 1. The molecule has 2 rings (SSSR count). The van der Waals surface area contributed by atoms with Gasteiger partial charge in [-0.25, -0.2) is 4.79 Å². The Balaban J connectivity index is 1.92. The minimum atomic E-state index is -0.401. The van der Waals surface area contributed by atoms with Crippen molar-refractivity contribution >= 4 is 6.09 Å². The molecule has 2 fully saturated rings. The number of piperidine rings is 2. The second kappa shape index (κ2) is 6.79. The first kappa shape index (κ1) is 15.6. The summed E-state index contributed by atoms with van der Waals surface area (Å²) in [5.41, 5.74) is -0.401. The van der Waals surface area contributed by atoms with Crippen LogP contribution in [0.1, 0.15) is 65.7 Å². The van der Waals surface area contributed by atoms with E-state index in [1.54, 1.807) is 0 Å². The summed E-state index contributed by atoms with van der Waals surface area (Å²) in [5, 5.41) is 3.60. The van der Waals surface area contributed by atoms with E-state index in [0.29, 0.717) is 12.1 Å². The van der Waals surface area contributed by atoms with Crippen LogP contribution in [0.4, 0.5) is 4.79 Å².